The molecule has 0 bridgehead atoms. The molecule has 1 aliphatic rings. The molecule has 1 rings (SSSR count). The second kappa shape index (κ2) is 4.07. The Hall–Kier alpha value is -0.0851. The molecule has 0 aromatic heterocycles. The fraction of sp³-hybridized carbons (Fsp3) is 1.00. The van der Waals surface area contributed by atoms with Gasteiger partial charge in [0.1, 0.15) is 0 Å². The van der Waals surface area contributed by atoms with E-state index in [0.29, 0.717) is 0 Å². The third kappa shape index (κ3) is 2.45. The molecule has 2 nitrogen and oxygen atoms in total. The van der Waals surface area contributed by atoms with E-state index < -0.39 is 7.12 Å². The zero-order valence-corrected chi connectivity index (χ0v) is 6.54. The van der Waals surface area contributed by atoms with Crippen LogP contribution in [-0.4, -0.2) is 23.8 Å². The van der Waals surface area contributed by atoms with Gasteiger partial charge in [0.2, 0.25) is 0 Å². The van der Waals surface area contributed by atoms with E-state index in [2.05, 4.69) is 0 Å². The first-order valence-corrected chi connectivity index (χ1v) is 4.16. The van der Waals surface area contributed by atoms with Gasteiger partial charge in [-0.15, -0.1) is 0 Å². The number of rotatable bonds is 2. The Labute approximate surface area is 66.6 Å². The summed E-state index contributed by atoms with van der Waals surface area (Å²) in [6, 6.07) is 0. The van der Waals surface area contributed by atoms with Crippen molar-refractivity contribution in [2.24, 2.45) is 5.92 Å². The van der Waals surface area contributed by atoms with E-state index >= 15 is 0 Å². The minimum absolute atomic E-state index is 0.0159. The summed E-state index contributed by atoms with van der Waals surface area (Å²) in [6.07, 6.45) is 3.12. The molecular formula is C7H14BFO2. The van der Waals surface area contributed by atoms with E-state index in [1.54, 1.807) is 0 Å². The Bertz CT molecular complexity index is 113. The normalized spacial score (nSPS) is 31.9. The highest BCUT2D eigenvalue weighted by atomic mass is 19.1. The molecule has 0 radical (unpaired) electrons. The molecular weight excluding hydrogens is 146 g/mol. The summed E-state index contributed by atoms with van der Waals surface area (Å²) in [4.78, 5) is 0. The van der Waals surface area contributed by atoms with Crippen molar-refractivity contribution in [2.75, 3.05) is 6.67 Å². The van der Waals surface area contributed by atoms with Crippen LogP contribution in [0.1, 0.15) is 25.7 Å². The highest BCUT2D eigenvalue weighted by molar-refractivity contribution is 6.43. The van der Waals surface area contributed by atoms with Crippen molar-refractivity contribution in [1.29, 1.82) is 0 Å². The van der Waals surface area contributed by atoms with Crippen molar-refractivity contribution in [3.63, 3.8) is 0 Å². The first-order chi connectivity index (χ1) is 5.24. The van der Waals surface area contributed by atoms with Crippen LogP contribution in [0.15, 0.2) is 0 Å². The van der Waals surface area contributed by atoms with Gasteiger partial charge in [0.05, 0.1) is 6.67 Å². The smallest absolute Gasteiger partial charge is 0.427 e. The third-order valence-electron chi connectivity index (χ3n) is 2.53. The summed E-state index contributed by atoms with van der Waals surface area (Å²) in [5.74, 6) is 0.155. The van der Waals surface area contributed by atoms with E-state index in [1.807, 2.05) is 0 Å². The maximum atomic E-state index is 12.1. The van der Waals surface area contributed by atoms with Gasteiger partial charge in [-0.2, -0.15) is 0 Å². The molecule has 64 valence electrons. The van der Waals surface area contributed by atoms with Crippen molar-refractivity contribution in [1.82, 2.24) is 0 Å². The van der Waals surface area contributed by atoms with Crippen molar-refractivity contribution < 1.29 is 14.4 Å². The van der Waals surface area contributed by atoms with E-state index in [1.165, 1.54) is 0 Å². The van der Waals surface area contributed by atoms with E-state index in [0.717, 1.165) is 25.7 Å². The zero-order valence-electron chi connectivity index (χ0n) is 6.54. The number of hydrogen-bond donors (Lipinski definition) is 2. The lowest BCUT2D eigenvalue weighted by molar-refractivity contribution is 0.260. The van der Waals surface area contributed by atoms with Gasteiger partial charge in [0.15, 0.2) is 0 Å². The van der Waals surface area contributed by atoms with Crippen molar-refractivity contribution in [3.8, 4) is 0 Å². The Balaban J connectivity index is 2.24. The quantitative estimate of drug-likeness (QED) is 0.591. The van der Waals surface area contributed by atoms with Crippen LogP contribution in [0.4, 0.5) is 4.39 Å². The maximum absolute atomic E-state index is 12.1. The van der Waals surface area contributed by atoms with Gasteiger partial charge in [-0.3, -0.25) is 4.39 Å². The van der Waals surface area contributed by atoms with Gasteiger partial charge in [-0.05, 0) is 24.6 Å². The zero-order chi connectivity index (χ0) is 8.27. The predicted molar refractivity (Wildman–Crippen MR) is 41.9 cm³/mol. The third-order valence-corrected chi connectivity index (χ3v) is 2.53. The minimum atomic E-state index is -1.20. The standard InChI is InChI=1S/C7H14BFO2/c9-5-6-1-3-7(4-2-6)8(10)11/h6-7,10-11H,1-5H2. The monoisotopic (exact) mass is 160 g/mol. The lowest BCUT2D eigenvalue weighted by Crippen LogP contribution is -2.25. The van der Waals surface area contributed by atoms with E-state index in [-0.39, 0.29) is 18.4 Å². The summed E-state index contributed by atoms with van der Waals surface area (Å²) < 4.78 is 12.1. The Kier molecular flexibility index (Phi) is 3.33. The van der Waals surface area contributed by atoms with Crippen LogP contribution >= 0.6 is 0 Å². The Morgan fingerprint density at radius 3 is 2.09 bits per heavy atom. The largest absolute Gasteiger partial charge is 0.454 e. The molecule has 0 aromatic carbocycles. The van der Waals surface area contributed by atoms with Crippen LogP contribution in [0.2, 0.25) is 5.82 Å². The molecule has 0 spiro atoms. The van der Waals surface area contributed by atoms with Gasteiger partial charge in [0.25, 0.3) is 0 Å². The fourth-order valence-corrected chi connectivity index (χ4v) is 1.64. The van der Waals surface area contributed by atoms with Crippen LogP contribution in [-0.2, 0) is 0 Å². The summed E-state index contributed by atoms with van der Waals surface area (Å²) >= 11 is 0. The van der Waals surface area contributed by atoms with Gasteiger partial charge in [-0.25, -0.2) is 0 Å². The minimum Gasteiger partial charge on any atom is -0.427 e. The van der Waals surface area contributed by atoms with Crippen LogP contribution in [0, 0.1) is 5.92 Å². The van der Waals surface area contributed by atoms with Gasteiger partial charge in [-0.1, -0.05) is 12.8 Å². The first-order valence-electron chi connectivity index (χ1n) is 4.16. The molecule has 0 aromatic rings. The second-order valence-corrected chi connectivity index (χ2v) is 3.35. The van der Waals surface area contributed by atoms with E-state index in [9.17, 15) is 4.39 Å². The lowest BCUT2D eigenvalue weighted by Gasteiger charge is -2.25. The Morgan fingerprint density at radius 2 is 1.73 bits per heavy atom. The van der Waals surface area contributed by atoms with Crippen LogP contribution in [0.5, 0.6) is 0 Å². The fourth-order valence-electron chi connectivity index (χ4n) is 1.64. The lowest BCUT2D eigenvalue weighted by atomic mass is 9.63. The molecule has 1 aliphatic carbocycles. The van der Waals surface area contributed by atoms with Crippen molar-refractivity contribution in [3.05, 3.63) is 0 Å². The predicted octanol–water partition coefficient (Wildman–Crippen LogP) is 0.989. The van der Waals surface area contributed by atoms with Crippen molar-refractivity contribution in [2.45, 2.75) is 31.5 Å². The maximum Gasteiger partial charge on any atom is 0.454 e. The highest BCUT2D eigenvalue weighted by Crippen LogP contribution is 2.33. The molecule has 2 N–H and O–H groups in total. The molecule has 0 heterocycles. The average molecular weight is 160 g/mol. The summed E-state index contributed by atoms with van der Waals surface area (Å²) in [7, 11) is -1.20. The molecule has 11 heavy (non-hydrogen) atoms. The number of hydrogen-bond acceptors (Lipinski definition) is 2. The van der Waals surface area contributed by atoms with Crippen molar-refractivity contribution >= 4 is 7.12 Å². The molecule has 0 atom stereocenters. The molecule has 1 saturated carbocycles. The second-order valence-electron chi connectivity index (χ2n) is 3.35. The van der Waals surface area contributed by atoms with E-state index in [4.69, 9.17) is 10.0 Å². The summed E-state index contributed by atoms with van der Waals surface area (Å²) in [6.45, 7) is -0.256. The average Bonchev–Trinajstić information content (AvgIpc) is 2.05. The molecule has 0 saturated heterocycles. The van der Waals surface area contributed by atoms with Gasteiger partial charge >= 0.3 is 7.12 Å². The van der Waals surface area contributed by atoms with Crippen LogP contribution in [0.3, 0.4) is 0 Å². The topological polar surface area (TPSA) is 40.5 Å². The summed E-state index contributed by atoms with van der Waals surface area (Å²) in [5.41, 5.74) is 0. The molecule has 4 heteroatoms. The molecule has 0 aliphatic heterocycles. The van der Waals surface area contributed by atoms with Gasteiger partial charge < -0.3 is 10.0 Å². The molecule has 0 amide bonds. The van der Waals surface area contributed by atoms with Crippen LogP contribution < -0.4 is 0 Å². The first kappa shape index (κ1) is 9.01. The SMILES string of the molecule is OB(O)C1CCC(CF)CC1. The number of alkyl halides is 1. The molecule has 1 fully saturated rings. The van der Waals surface area contributed by atoms with Crippen LogP contribution in [0.25, 0.3) is 0 Å². The highest BCUT2D eigenvalue weighted by Gasteiger charge is 2.28. The van der Waals surface area contributed by atoms with Gasteiger partial charge in [0, 0.05) is 0 Å². The Morgan fingerprint density at radius 1 is 1.18 bits per heavy atom. The molecule has 0 unspecified atom stereocenters. The summed E-state index contributed by atoms with van der Waals surface area (Å²) in [5, 5.41) is 17.6. The number of halogens is 1.